The molecule has 4 heteroatoms. The van der Waals surface area contributed by atoms with Crippen molar-refractivity contribution in [3.05, 3.63) is 12.2 Å². The van der Waals surface area contributed by atoms with Gasteiger partial charge in [-0.05, 0) is 55.5 Å². The van der Waals surface area contributed by atoms with Crippen molar-refractivity contribution in [3.63, 3.8) is 0 Å². The zero-order valence-corrected chi connectivity index (χ0v) is 15.8. The van der Waals surface area contributed by atoms with Crippen LogP contribution in [-0.2, 0) is 14.0 Å². The van der Waals surface area contributed by atoms with E-state index in [0.717, 1.165) is 12.8 Å². The first-order valence-electron chi connectivity index (χ1n) is 8.00. The van der Waals surface area contributed by atoms with Crippen LogP contribution in [0.15, 0.2) is 12.2 Å². The summed E-state index contributed by atoms with van der Waals surface area (Å²) in [6.45, 7) is 10.8. The van der Waals surface area contributed by atoms with Gasteiger partial charge in [0.1, 0.15) is 0 Å². The largest absolute Gasteiger partial charge is 0.395 e. The molecule has 1 fully saturated rings. The molecule has 1 aliphatic rings. The Kier molecular flexibility index (Phi) is 6.56. The summed E-state index contributed by atoms with van der Waals surface area (Å²) in [4.78, 5) is 22.7. The molecule has 0 bridgehead atoms. The molecular formula is C19H26O3Si. The lowest BCUT2D eigenvalue weighted by molar-refractivity contribution is -0.133. The van der Waals surface area contributed by atoms with Gasteiger partial charge in [-0.2, -0.15) is 0 Å². The Morgan fingerprint density at radius 3 is 2.35 bits per heavy atom. The second-order valence-electron chi connectivity index (χ2n) is 7.33. The van der Waals surface area contributed by atoms with E-state index >= 15 is 0 Å². The summed E-state index contributed by atoms with van der Waals surface area (Å²) in [6.07, 6.45) is 6.64. The Morgan fingerprint density at radius 2 is 1.78 bits per heavy atom. The number of Topliss-reactive ketones (excluding diaryl/α,β-unsaturated/α-hetero) is 1. The van der Waals surface area contributed by atoms with Gasteiger partial charge in [-0.15, -0.1) is 0 Å². The monoisotopic (exact) mass is 330 g/mol. The highest BCUT2D eigenvalue weighted by Gasteiger charge is 2.48. The first-order chi connectivity index (χ1) is 10.6. The van der Waals surface area contributed by atoms with Gasteiger partial charge in [0.25, 0.3) is 0 Å². The molecule has 0 heterocycles. The molecule has 0 aromatic carbocycles. The smallest absolute Gasteiger partial charge is 0.194 e. The normalized spacial score (nSPS) is 22.0. The molecule has 1 unspecified atom stereocenters. The van der Waals surface area contributed by atoms with Crippen LogP contribution in [0, 0.1) is 23.7 Å². The minimum absolute atomic E-state index is 0.0185. The molecule has 3 nitrogen and oxygen atoms in total. The number of ketones is 1. The molecule has 0 aliphatic heterocycles. The van der Waals surface area contributed by atoms with Crippen molar-refractivity contribution in [2.24, 2.45) is 0 Å². The summed E-state index contributed by atoms with van der Waals surface area (Å²) >= 11 is 0. The fourth-order valence-electron chi connectivity index (χ4n) is 2.18. The summed E-state index contributed by atoms with van der Waals surface area (Å²) in [7, 11) is -2.11. The molecule has 1 aliphatic carbocycles. The highest BCUT2D eigenvalue weighted by atomic mass is 28.4. The van der Waals surface area contributed by atoms with E-state index in [-0.39, 0.29) is 10.8 Å². The van der Waals surface area contributed by atoms with Crippen LogP contribution in [0.3, 0.4) is 0 Å². The lowest BCUT2D eigenvalue weighted by atomic mass is 9.84. The zero-order valence-electron chi connectivity index (χ0n) is 14.8. The molecule has 1 atom stereocenters. The first kappa shape index (κ1) is 19.4. The number of aldehydes is 1. The molecule has 0 saturated heterocycles. The SMILES string of the molecule is CC(C)(C)[Si](C)(C)OC1(C#C/C=C\C#CC=O)CCCCC1=O. The zero-order chi connectivity index (χ0) is 17.6. The van der Waals surface area contributed by atoms with Crippen LogP contribution in [-0.4, -0.2) is 26.0 Å². The summed E-state index contributed by atoms with van der Waals surface area (Å²) in [5.74, 6) is 10.9. The van der Waals surface area contributed by atoms with Crippen molar-refractivity contribution in [2.75, 3.05) is 0 Å². The van der Waals surface area contributed by atoms with Crippen LogP contribution in [0.1, 0.15) is 46.5 Å². The van der Waals surface area contributed by atoms with E-state index < -0.39 is 13.9 Å². The number of hydrogen-bond acceptors (Lipinski definition) is 3. The van der Waals surface area contributed by atoms with Gasteiger partial charge in [-0.3, -0.25) is 9.59 Å². The Hall–Kier alpha value is -1.62. The maximum Gasteiger partial charge on any atom is 0.194 e. The molecule has 0 N–H and O–H groups in total. The van der Waals surface area contributed by atoms with E-state index in [9.17, 15) is 9.59 Å². The highest BCUT2D eigenvalue weighted by Crippen LogP contribution is 2.41. The fraction of sp³-hybridized carbons (Fsp3) is 0.579. The molecule has 0 aromatic heterocycles. The predicted octanol–water partition coefficient (Wildman–Crippen LogP) is 3.65. The van der Waals surface area contributed by atoms with Crippen LogP contribution >= 0.6 is 0 Å². The van der Waals surface area contributed by atoms with Gasteiger partial charge in [0.05, 0.1) is 0 Å². The summed E-state index contributed by atoms with van der Waals surface area (Å²) in [6, 6.07) is 0. The predicted molar refractivity (Wildman–Crippen MR) is 95.2 cm³/mol. The standard InChI is InChI=1S/C19H26O3Si/c1-18(2,3)23(4,5)22-19(15-11-9-13-17(19)21)14-10-7-6-8-12-16-20/h6-7,16H,9,11,13,15H2,1-5H3/b7-6-. The molecule has 0 aromatic rings. The lowest BCUT2D eigenvalue weighted by Gasteiger charge is -2.44. The Morgan fingerprint density at radius 1 is 1.13 bits per heavy atom. The van der Waals surface area contributed by atoms with Crippen molar-refractivity contribution < 1.29 is 14.0 Å². The topological polar surface area (TPSA) is 43.4 Å². The third-order valence-electron chi connectivity index (χ3n) is 4.54. The Labute approximate surface area is 141 Å². The van der Waals surface area contributed by atoms with Crippen LogP contribution < -0.4 is 0 Å². The highest BCUT2D eigenvalue weighted by molar-refractivity contribution is 6.74. The minimum Gasteiger partial charge on any atom is -0.395 e. The Balaban J connectivity index is 3.10. The minimum atomic E-state index is -2.11. The van der Waals surface area contributed by atoms with Gasteiger partial charge < -0.3 is 4.43 Å². The van der Waals surface area contributed by atoms with Crippen molar-refractivity contribution in [2.45, 2.75) is 70.2 Å². The Bertz CT molecular complexity index is 602. The second-order valence-corrected chi connectivity index (χ2v) is 12.1. The van der Waals surface area contributed by atoms with E-state index in [4.69, 9.17) is 4.43 Å². The van der Waals surface area contributed by atoms with Gasteiger partial charge in [0.15, 0.2) is 26.0 Å². The quantitative estimate of drug-likeness (QED) is 0.441. The first-order valence-corrected chi connectivity index (χ1v) is 10.9. The maximum atomic E-state index is 12.6. The van der Waals surface area contributed by atoms with Crippen LogP contribution in [0.25, 0.3) is 0 Å². The molecule has 0 amide bonds. The van der Waals surface area contributed by atoms with Gasteiger partial charge >= 0.3 is 0 Å². The van der Waals surface area contributed by atoms with E-state index in [0.29, 0.717) is 19.1 Å². The molecular weight excluding hydrogens is 304 g/mol. The van der Waals surface area contributed by atoms with Crippen molar-refractivity contribution in [1.29, 1.82) is 0 Å². The molecule has 0 spiro atoms. The third kappa shape index (κ3) is 5.20. The summed E-state index contributed by atoms with van der Waals surface area (Å²) in [5, 5.41) is 0.0185. The number of carbonyl (C=O) groups excluding carboxylic acids is 2. The lowest BCUT2D eigenvalue weighted by Crippen LogP contribution is -2.54. The molecule has 23 heavy (non-hydrogen) atoms. The molecule has 124 valence electrons. The van der Waals surface area contributed by atoms with Crippen molar-refractivity contribution >= 4 is 20.4 Å². The van der Waals surface area contributed by atoms with E-state index in [1.807, 2.05) is 0 Å². The van der Waals surface area contributed by atoms with Gasteiger partial charge in [0, 0.05) is 6.42 Å². The van der Waals surface area contributed by atoms with Crippen LogP contribution in [0.2, 0.25) is 18.1 Å². The van der Waals surface area contributed by atoms with Gasteiger partial charge in [-0.1, -0.05) is 38.5 Å². The number of carbonyl (C=O) groups is 2. The van der Waals surface area contributed by atoms with E-state index in [1.165, 1.54) is 6.08 Å². The summed E-state index contributed by atoms with van der Waals surface area (Å²) in [5.41, 5.74) is -0.982. The summed E-state index contributed by atoms with van der Waals surface area (Å²) < 4.78 is 6.46. The maximum absolute atomic E-state index is 12.6. The fourth-order valence-corrected chi connectivity index (χ4v) is 3.62. The number of hydrogen-bond donors (Lipinski definition) is 0. The van der Waals surface area contributed by atoms with Crippen molar-refractivity contribution in [1.82, 2.24) is 0 Å². The second kappa shape index (κ2) is 7.77. The van der Waals surface area contributed by atoms with Crippen molar-refractivity contribution in [3.8, 4) is 23.7 Å². The van der Waals surface area contributed by atoms with E-state index in [2.05, 4.69) is 57.5 Å². The molecule has 1 rings (SSSR count). The van der Waals surface area contributed by atoms with Gasteiger partial charge in [0.2, 0.25) is 0 Å². The average molecular weight is 331 g/mol. The van der Waals surface area contributed by atoms with E-state index in [1.54, 1.807) is 6.08 Å². The molecule has 1 saturated carbocycles. The third-order valence-corrected chi connectivity index (χ3v) is 9.01. The number of allylic oxidation sites excluding steroid dienone is 2. The van der Waals surface area contributed by atoms with Gasteiger partial charge in [-0.25, -0.2) is 0 Å². The number of rotatable bonds is 2. The average Bonchev–Trinajstić information content (AvgIpc) is 2.44. The van der Waals surface area contributed by atoms with Crippen LogP contribution in [0.4, 0.5) is 0 Å². The van der Waals surface area contributed by atoms with Crippen LogP contribution in [0.5, 0.6) is 0 Å². The molecule has 0 radical (unpaired) electrons.